The van der Waals surface area contributed by atoms with Crippen molar-refractivity contribution >= 4 is 17.5 Å². The summed E-state index contributed by atoms with van der Waals surface area (Å²) < 4.78 is 16.2. The van der Waals surface area contributed by atoms with Crippen LogP contribution in [-0.4, -0.2) is 26.2 Å². The molecule has 1 amide bonds. The summed E-state index contributed by atoms with van der Waals surface area (Å²) in [5, 5.41) is 3.26. The maximum absolute atomic E-state index is 12.3. The number of halogens is 1. The first kappa shape index (κ1) is 18.9. The van der Waals surface area contributed by atoms with Crippen LogP contribution in [-0.2, 0) is 6.54 Å². The number of amides is 1. The molecular weight excluding hydrogens is 342 g/mol. The minimum absolute atomic E-state index is 0.212. The summed E-state index contributed by atoms with van der Waals surface area (Å²) in [6, 6.07) is 10.5. The number of carbonyl (C=O) groups is 1. The number of carbonyl (C=O) groups excluding carboxylic acids is 1. The molecule has 2 aromatic carbocycles. The third kappa shape index (κ3) is 5.03. The molecule has 2 aromatic rings. The third-order valence-electron chi connectivity index (χ3n) is 3.47. The van der Waals surface area contributed by atoms with Gasteiger partial charge in [0.15, 0.2) is 11.5 Å². The number of hydrogen-bond donors (Lipinski definition) is 1. The van der Waals surface area contributed by atoms with Gasteiger partial charge in [0.2, 0.25) is 0 Å². The normalized spacial score (nSPS) is 10.2. The average Bonchev–Trinajstić information content (AvgIpc) is 2.62. The zero-order chi connectivity index (χ0) is 18.2. The Kier molecular flexibility index (Phi) is 6.95. The van der Waals surface area contributed by atoms with E-state index in [9.17, 15) is 4.79 Å². The molecule has 134 valence electrons. The van der Waals surface area contributed by atoms with Gasteiger partial charge in [0.25, 0.3) is 5.91 Å². The lowest BCUT2D eigenvalue weighted by atomic mass is 10.1. The van der Waals surface area contributed by atoms with Crippen molar-refractivity contribution in [3.8, 4) is 17.2 Å². The van der Waals surface area contributed by atoms with Gasteiger partial charge < -0.3 is 19.5 Å². The molecule has 0 aliphatic carbocycles. The molecule has 0 heterocycles. The third-order valence-corrected chi connectivity index (χ3v) is 3.77. The second-order valence-electron chi connectivity index (χ2n) is 5.18. The number of benzene rings is 2. The van der Waals surface area contributed by atoms with Crippen molar-refractivity contribution in [1.82, 2.24) is 5.32 Å². The van der Waals surface area contributed by atoms with E-state index >= 15 is 0 Å². The van der Waals surface area contributed by atoms with Gasteiger partial charge in [-0.1, -0.05) is 17.7 Å². The van der Waals surface area contributed by atoms with Crippen LogP contribution >= 0.6 is 11.6 Å². The average molecular weight is 364 g/mol. The second kappa shape index (κ2) is 9.18. The molecule has 2 rings (SSSR count). The van der Waals surface area contributed by atoms with Gasteiger partial charge in [0, 0.05) is 12.1 Å². The molecule has 0 radical (unpaired) electrons. The number of nitrogens with one attached hydrogen (secondary N) is 1. The van der Waals surface area contributed by atoms with Crippen LogP contribution in [0.15, 0.2) is 36.4 Å². The van der Waals surface area contributed by atoms with Crippen LogP contribution in [0.2, 0.25) is 5.02 Å². The maximum atomic E-state index is 12.3. The monoisotopic (exact) mass is 363 g/mol. The van der Waals surface area contributed by atoms with E-state index in [1.807, 2.05) is 32.0 Å². The lowest BCUT2D eigenvalue weighted by Crippen LogP contribution is -2.22. The fourth-order valence-electron chi connectivity index (χ4n) is 2.30. The molecule has 0 unspecified atom stereocenters. The van der Waals surface area contributed by atoms with Crippen LogP contribution < -0.4 is 19.5 Å². The Morgan fingerprint density at radius 1 is 1.00 bits per heavy atom. The summed E-state index contributed by atoms with van der Waals surface area (Å²) in [4.78, 5) is 12.3. The van der Waals surface area contributed by atoms with Crippen LogP contribution in [0.25, 0.3) is 0 Å². The van der Waals surface area contributed by atoms with Crippen molar-refractivity contribution in [2.24, 2.45) is 0 Å². The summed E-state index contributed by atoms with van der Waals surface area (Å²) in [5.41, 5.74) is 1.39. The summed E-state index contributed by atoms with van der Waals surface area (Å²) >= 11 is 6.06. The predicted molar refractivity (Wildman–Crippen MR) is 98.0 cm³/mol. The van der Waals surface area contributed by atoms with E-state index in [4.69, 9.17) is 25.8 Å². The molecule has 5 nitrogen and oxygen atoms in total. The lowest BCUT2D eigenvalue weighted by Gasteiger charge is -2.13. The van der Waals surface area contributed by atoms with Crippen molar-refractivity contribution in [2.75, 3.05) is 20.3 Å². The van der Waals surface area contributed by atoms with Crippen molar-refractivity contribution in [1.29, 1.82) is 0 Å². The molecule has 0 aliphatic rings. The van der Waals surface area contributed by atoms with Crippen LogP contribution in [0.5, 0.6) is 17.2 Å². The van der Waals surface area contributed by atoms with Gasteiger partial charge in [-0.15, -0.1) is 0 Å². The van der Waals surface area contributed by atoms with Gasteiger partial charge in [-0.2, -0.15) is 0 Å². The van der Waals surface area contributed by atoms with E-state index in [-0.39, 0.29) is 5.91 Å². The largest absolute Gasteiger partial charge is 0.495 e. The fourth-order valence-corrected chi connectivity index (χ4v) is 2.56. The topological polar surface area (TPSA) is 56.8 Å². The summed E-state index contributed by atoms with van der Waals surface area (Å²) in [6.45, 7) is 5.31. The molecule has 0 atom stereocenters. The van der Waals surface area contributed by atoms with Gasteiger partial charge >= 0.3 is 0 Å². The maximum Gasteiger partial charge on any atom is 0.251 e. The van der Waals surface area contributed by atoms with Crippen LogP contribution in [0.3, 0.4) is 0 Å². The number of ether oxygens (including phenoxy) is 3. The van der Waals surface area contributed by atoms with E-state index in [0.717, 1.165) is 5.56 Å². The van der Waals surface area contributed by atoms with E-state index in [2.05, 4.69) is 5.32 Å². The predicted octanol–water partition coefficient (Wildman–Crippen LogP) is 4.08. The number of methoxy groups -OCH3 is 1. The minimum Gasteiger partial charge on any atom is -0.495 e. The quantitative estimate of drug-likeness (QED) is 0.767. The van der Waals surface area contributed by atoms with Crippen LogP contribution in [0, 0.1) is 0 Å². The highest BCUT2D eigenvalue weighted by Crippen LogP contribution is 2.28. The molecule has 0 aliphatic heterocycles. The molecule has 0 bridgehead atoms. The smallest absolute Gasteiger partial charge is 0.251 e. The molecule has 6 heteroatoms. The Labute approximate surface area is 152 Å². The van der Waals surface area contributed by atoms with Crippen LogP contribution in [0.4, 0.5) is 0 Å². The Balaban J connectivity index is 2.06. The zero-order valence-corrected chi connectivity index (χ0v) is 15.4. The lowest BCUT2D eigenvalue weighted by molar-refractivity contribution is 0.0951. The first-order valence-corrected chi connectivity index (χ1v) is 8.47. The highest BCUT2D eigenvalue weighted by atomic mass is 35.5. The first-order chi connectivity index (χ1) is 12.1. The molecular formula is C19H22ClNO4. The summed E-state index contributed by atoms with van der Waals surface area (Å²) in [5.74, 6) is 1.69. The molecule has 1 N–H and O–H groups in total. The number of rotatable bonds is 8. The van der Waals surface area contributed by atoms with Gasteiger partial charge in [0.05, 0.1) is 25.3 Å². The Hall–Kier alpha value is -2.40. The van der Waals surface area contributed by atoms with Crippen molar-refractivity contribution in [2.45, 2.75) is 20.4 Å². The summed E-state index contributed by atoms with van der Waals surface area (Å²) in [7, 11) is 1.53. The van der Waals surface area contributed by atoms with Crippen molar-refractivity contribution < 1.29 is 19.0 Å². The standard InChI is InChI=1S/C19H22ClNO4/c1-4-24-17-8-6-13(10-18(17)25-5-2)12-21-19(22)14-7-9-16(23-3)15(20)11-14/h6-11H,4-5,12H2,1-3H3,(H,21,22). The van der Waals surface area contributed by atoms with E-state index in [1.165, 1.54) is 7.11 Å². The Morgan fingerprint density at radius 2 is 1.68 bits per heavy atom. The second-order valence-corrected chi connectivity index (χ2v) is 5.59. The zero-order valence-electron chi connectivity index (χ0n) is 14.6. The van der Waals surface area contributed by atoms with Crippen LogP contribution in [0.1, 0.15) is 29.8 Å². The van der Waals surface area contributed by atoms with E-state index in [1.54, 1.807) is 18.2 Å². The molecule has 0 spiro atoms. The first-order valence-electron chi connectivity index (χ1n) is 8.09. The number of hydrogen-bond acceptors (Lipinski definition) is 4. The Morgan fingerprint density at radius 3 is 2.32 bits per heavy atom. The molecule has 0 aromatic heterocycles. The summed E-state index contributed by atoms with van der Waals surface area (Å²) in [6.07, 6.45) is 0. The molecule has 0 saturated heterocycles. The van der Waals surface area contributed by atoms with Gasteiger partial charge in [0.1, 0.15) is 5.75 Å². The highest BCUT2D eigenvalue weighted by molar-refractivity contribution is 6.32. The highest BCUT2D eigenvalue weighted by Gasteiger charge is 2.10. The minimum atomic E-state index is -0.212. The van der Waals surface area contributed by atoms with Gasteiger partial charge in [-0.25, -0.2) is 0 Å². The van der Waals surface area contributed by atoms with Gasteiger partial charge in [-0.3, -0.25) is 4.79 Å². The van der Waals surface area contributed by atoms with E-state index in [0.29, 0.717) is 47.6 Å². The molecule has 0 fully saturated rings. The van der Waals surface area contributed by atoms with Crippen molar-refractivity contribution in [3.05, 3.63) is 52.5 Å². The Bertz CT molecular complexity index is 733. The van der Waals surface area contributed by atoms with Gasteiger partial charge in [-0.05, 0) is 49.7 Å². The molecule has 0 saturated carbocycles. The molecule has 25 heavy (non-hydrogen) atoms. The SMILES string of the molecule is CCOc1ccc(CNC(=O)c2ccc(OC)c(Cl)c2)cc1OCC. The van der Waals surface area contributed by atoms with E-state index < -0.39 is 0 Å². The fraction of sp³-hybridized carbons (Fsp3) is 0.316. The van der Waals surface area contributed by atoms with Crippen molar-refractivity contribution in [3.63, 3.8) is 0 Å².